The van der Waals surface area contributed by atoms with Gasteiger partial charge in [-0.05, 0) is 57.2 Å². The first-order chi connectivity index (χ1) is 12.0. The number of nitrogens with zero attached hydrogens (tertiary/aromatic N) is 1. The maximum absolute atomic E-state index is 12.9. The molecule has 1 aliphatic rings. The van der Waals surface area contributed by atoms with Crippen LogP contribution < -0.4 is 4.72 Å². The third kappa shape index (κ3) is 6.92. The largest absolute Gasteiger partial charge is 0.444 e. The van der Waals surface area contributed by atoms with Crippen molar-refractivity contribution in [1.29, 1.82) is 0 Å². The number of rotatable bonds is 5. The summed E-state index contributed by atoms with van der Waals surface area (Å²) in [4.78, 5) is 13.8. The molecule has 2 rings (SSSR count). The summed E-state index contributed by atoms with van der Waals surface area (Å²) in [5.74, 6) is -0.557. The minimum atomic E-state index is -3.52. The standard InChI is InChI=1S/C18H27FN2O4S/c1-18(2,3)25-17(22)21-10-4-5-15(12-21)11-20-26(23,24)13-14-6-8-16(19)9-7-14/h6-9,15,20H,4-5,10-13H2,1-3H3/t15-/m1/s1. The highest BCUT2D eigenvalue weighted by Gasteiger charge is 2.28. The van der Waals surface area contributed by atoms with Crippen LogP contribution in [0.5, 0.6) is 0 Å². The molecule has 26 heavy (non-hydrogen) atoms. The Morgan fingerprint density at radius 3 is 2.58 bits per heavy atom. The zero-order valence-corrected chi connectivity index (χ0v) is 16.3. The number of halogens is 1. The Labute approximate surface area is 154 Å². The van der Waals surface area contributed by atoms with Gasteiger partial charge in [0.25, 0.3) is 0 Å². The molecular formula is C18H27FN2O4S. The highest BCUT2D eigenvalue weighted by molar-refractivity contribution is 7.88. The number of nitrogens with one attached hydrogen (secondary N) is 1. The van der Waals surface area contributed by atoms with Crippen molar-refractivity contribution in [3.05, 3.63) is 35.6 Å². The van der Waals surface area contributed by atoms with Gasteiger partial charge in [0.05, 0.1) is 5.75 Å². The summed E-state index contributed by atoms with van der Waals surface area (Å²) in [7, 11) is -3.52. The number of likely N-dealkylation sites (tertiary alicyclic amines) is 1. The third-order valence-electron chi connectivity index (χ3n) is 4.03. The van der Waals surface area contributed by atoms with Gasteiger partial charge < -0.3 is 9.64 Å². The molecule has 0 radical (unpaired) electrons. The first kappa shape index (κ1) is 20.6. The fraction of sp³-hybridized carbons (Fsp3) is 0.611. The maximum atomic E-state index is 12.9. The lowest BCUT2D eigenvalue weighted by Crippen LogP contribution is -2.45. The van der Waals surface area contributed by atoms with Crippen molar-refractivity contribution >= 4 is 16.1 Å². The van der Waals surface area contributed by atoms with E-state index in [9.17, 15) is 17.6 Å². The molecule has 8 heteroatoms. The van der Waals surface area contributed by atoms with Crippen LogP contribution in [0.1, 0.15) is 39.2 Å². The van der Waals surface area contributed by atoms with Gasteiger partial charge in [0.15, 0.2) is 0 Å². The number of benzene rings is 1. The first-order valence-electron chi connectivity index (χ1n) is 8.74. The second-order valence-electron chi connectivity index (χ2n) is 7.67. The summed E-state index contributed by atoms with van der Waals surface area (Å²) < 4.78 is 45.3. The molecule has 1 atom stereocenters. The molecule has 1 amide bonds. The minimum absolute atomic E-state index is 0.0410. The first-order valence-corrected chi connectivity index (χ1v) is 10.4. The van der Waals surface area contributed by atoms with E-state index < -0.39 is 21.4 Å². The van der Waals surface area contributed by atoms with Crippen LogP contribution in [0.3, 0.4) is 0 Å². The van der Waals surface area contributed by atoms with Crippen molar-refractivity contribution in [3.63, 3.8) is 0 Å². The average molecular weight is 386 g/mol. The molecule has 146 valence electrons. The number of carbonyl (C=O) groups excluding carboxylic acids is 1. The average Bonchev–Trinajstić information content (AvgIpc) is 2.54. The molecule has 0 aliphatic carbocycles. The molecule has 1 N–H and O–H groups in total. The Bertz CT molecular complexity index is 714. The highest BCUT2D eigenvalue weighted by atomic mass is 32.2. The molecule has 0 saturated carbocycles. The predicted molar refractivity (Wildman–Crippen MR) is 97.6 cm³/mol. The fourth-order valence-corrected chi connectivity index (χ4v) is 4.04. The van der Waals surface area contributed by atoms with E-state index in [-0.39, 0.29) is 24.3 Å². The van der Waals surface area contributed by atoms with E-state index in [1.54, 1.807) is 4.90 Å². The number of hydrogen-bond donors (Lipinski definition) is 1. The molecule has 1 aromatic rings. The van der Waals surface area contributed by atoms with Crippen LogP contribution in [0.15, 0.2) is 24.3 Å². The zero-order valence-electron chi connectivity index (χ0n) is 15.5. The van der Waals surface area contributed by atoms with Crippen LogP contribution in [0, 0.1) is 11.7 Å². The van der Waals surface area contributed by atoms with Gasteiger partial charge >= 0.3 is 6.09 Å². The molecule has 1 fully saturated rings. The van der Waals surface area contributed by atoms with Crippen molar-refractivity contribution in [2.45, 2.75) is 45.0 Å². The molecule has 0 spiro atoms. The van der Waals surface area contributed by atoms with Gasteiger partial charge in [0, 0.05) is 19.6 Å². The van der Waals surface area contributed by atoms with Crippen LogP contribution in [-0.2, 0) is 20.5 Å². The second-order valence-corrected chi connectivity index (χ2v) is 9.48. The van der Waals surface area contributed by atoms with E-state index in [1.165, 1.54) is 24.3 Å². The van der Waals surface area contributed by atoms with Gasteiger partial charge in [-0.15, -0.1) is 0 Å². The molecular weight excluding hydrogens is 359 g/mol. The van der Waals surface area contributed by atoms with E-state index in [0.717, 1.165) is 12.8 Å². The van der Waals surface area contributed by atoms with Gasteiger partial charge in [0.1, 0.15) is 11.4 Å². The van der Waals surface area contributed by atoms with Crippen molar-refractivity contribution in [1.82, 2.24) is 9.62 Å². The van der Waals surface area contributed by atoms with Gasteiger partial charge in [-0.25, -0.2) is 22.3 Å². The number of hydrogen-bond acceptors (Lipinski definition) is 4. The van der Waals surface area contributed by atoms with Crippen LogP contribution in [-0.4, -0.2) is 44.6 Å². The smallest absolute Gasteiger partial charge is 0.410 e. The summed E-state index contributed by atoms with van der Waals surface area (Å²) in [6.45, 7) is 6.80. The maximum Gasteiger partial charge on any atom is 0.410 e. The number of sulfonamides is 1. The van der Waals surface area contributed by atoms with Gasteiger partial charge in [-0.1, -0.05) is 12.1 Å². The molecule has 0 aromatic heterocycles. The van der Waals surface area contributed by atoms with Gasteiger partial charge in [-0.2, -0.15) is 0 Å². The van der Waals surface area contributed by atoms with Gasteiger partial charge in [0.2, 0.25) is 10.0 Å². The Morgan fingerprint density at radius 2 is 1.96 bits per heavy atom. The summed E-state index contributed by atoms with van der Waals surface area (Å²) in [6, 6.07) is 5.40. The molecule has 1 saturated heterocycles. The lowest BCUT2D eigenvalue weighted by atomic mass is 9.99. The third-order valence-corrected chi connectivity index (χ3v) is 5.35. The minimum Gasteiger partial charge on any atom is -0.444 e. The molecule has 1 aromatic carbocycles. The fourth-order valence-electron chi connectivity index (χ4n) is 2.82. The molecule has 1 heterocycles. The summed E-state index contributed by atoms with van der Waals surface area (Å²) >= 11 is 0. The summed E-state index contributed by atoms with van der Waals surface area (Å²) in [6.07, 6.45) is 1.29. The summed E-state index contributed by atoms with van der Waals surface area (Å²) in [5.41, 5.74) is -0.0289. The number of ether oxygens (including phenoxy) is 1. The van der Waals surface area contributed by atoms with Crippen molar-refractivity contribution in [2.24, 2.45) is 5.92 Å². The van der Waals surface area contributed by atoms with Crippen LogP contribution in [0.25, 0.3) is 0 Å². The summed E-state index contributed by atoms with van der Waals surface area (Å²) in [5, 5.41) is 0. The SMILES string of the molecule is CC(C)(C)OC(=O)N1CCC[C@H](CNS(=O)(=O)Cc2ccc(F)cc2)C1. The van der Waals surface area contributed by atoms with Crippen LogP contribution >= 0.6 is 0 Å². The van der Waals surface area contributed by atoms with E-state index in [2.05, 4.69) is 4.72 Å². The van der Waals surface area contributed by atoms with Crippen molar-refractivity contribution in [2.75, 3.05) is 19.6 Å². The Balaban J connectivity index is 1.86. The lowest BCUT2D eigenvalue weighted by molar-refractivity contribution is 0.0169. The topological polar surface area (TPSA) is 75.7 Å². The quantitative estimate of drug-likeness (QED) is 0.844. The van der Waals surface area contributed by atoms with Gasteiger partial charge in [-0.3, -0.25) is 0 Å². The number of amides is 1. The second kappa shape index (κ2) is 8.35. The molecule has 6 nitrogen and oxygen atoms in total. The van der Waals surface area contributed by atoms with Crippen LogP contribution in [0.2, 0.25) is 0 Å². The Kier molecular flexibility index (Phi) is 6.63. The molecule has 0 unspecified atom stereocenters. The van der Waals surface area contributed by atoms with E-state index >= 15 is 0 Å². The van der Waals surface area contributed by atoms with Crippen molar-refractivity contribution < 1.29 is 22.3 Å². The number of piperidine rings is 1. The normalized spacial score (nSPS) is 18.6. The molecule has 0 bridgehead atoms. The number of carbonyl (C=O) groups is 1. The molecule has 1 aliphatic heterocycles. The van der Waals surface area contributed by atoms with Crippen LogP contribution in [0.4, 0.5) is 9.18 Å². The van der Waals surface area contributed by atoms with E-state index in [0.29, 0.717) is 18.7 Å². The van der Waals surface area contributed by atoms with E-state index in [1.807, 2.05) is 20.8 Å². The highest BCUT2D eigenvalue weighted by Crippen LogP contribution is 2.19. The van der Waals surface area contributed by atoms with Crippen molar-refractivity contribution in [3.8, 4) is 0 Å². The predicted octanol–water partition coefficient (Wildman–Crippen LogP) is 2.89. The zero-order chi connectivity index (χ0) is 19.4. The Morgan fingerprint density at radius 1 is 1.31 bits per heavy atom. The van der Waals surface area contributed by atoms with E-state index in [4.69, 9.17) is 4.74 Å². The Hall–Kier alpha value is -1.67. The monoisotopic (exact) mass is 386 g/mol. The lowest BCUT2D eigenvalue weighted by Gasteiger charge is -2.34.